The van der Waals surface area contributed by atoms with Gasteiger partial charge in [-0.1, -0.05) is 30.3 Å². The van der Waals surface area contributed by atoms with E-state index in [4.69, 9.17) is 9.84 Å². The first kappa shape index (κ1) is 21.0. The van der Waals surface area contributed by atoms with Gasteiger partial charge in [0, 0.05) is 26.2 Å². The van der Waals surface area contributed by atoms with Crippen molar-refractivity contribution in [3.05, 3.63) is 35.9 Å². The number of halogens is 3. The van der Waals surface area contributed by atoms with Crippen LogP contribution in [-0.2, 0) is 9.53 Å². The number of likely N-dealkylation sites (tertiary alicyclic amines) is 1. The topological polar surface area (TPSA) is 78.9 Å². The third kappa shape index (κ3) is 5.85. The number of aliphatic carboxylic acids is 1. The van der Waals surface area contributed by atoms with Crippen molar-refractivity contribution in [3.63, 3.8) is 0 Å². The molecule has 0 spiro atoms. The van der Waals surface area contributed by atoms with Gasteiger partial charge in [0.15, 0.2) is 0 Å². The zero-order chi connectivity index (χ0) is 20.0. The summed E-state index contributed by atoms with van der Waals surface area (Å²) in [6.45, 7) is 1.41. The number of benzene rings is 1. The Morgan fingerprint density at radius 2 is 1.96 bits per heavy atom. The first-order valence-corrected chi connectivity index (χ1v) is 8.69. The van der Waals surface area contributed by atoms with Gasteiger partial charge in [-0.05, 0) is 18.9 Å². The Bertz CT molecular complexity index is 639. The summed E-state index contributed by atoms with van der Waals surface area (Å²) in [5, 5.41) is 11.5. The van der Waals surface area contributed by atoms with Gasteiger partial charge in [0.1, 0.15) is 0 Å². The van der Waals surface area contributed by atoms with E-state index in [0.29, 0.717) is 13.0 Å². The Labute approximate surface area is 155 Å². The molecule has 150 valence electrons. The molecule has 0 saturated carbocycles. The van der Waals surface area contributed by atoms with Crippen molar-refractivity contribution in [2.24, 2.45) is 11.8 Å². The first-order chi connectivity index (χ1) is 12.7. The van der Waals surface area contributed by atoms with Crippen molar-refractivity contribution in [2.75, 3.05) is 26.2 Å². The Morgan fingerprint density at radius 3 is 2.52 bits per heavy atom. The van der Waals surface area contributed by atoms with Gasteiger partial charge in [0.05, 0.1) is 17.9 Å². The summed E-state index contributed by atoms with van der Waals surface area (Å²) in [6, 6.07) is 8.91. The number of carbonyl (C=O) groups is 2. The Balaban J connectivity index is 1.72. The normalized spacial score (nSPS) is 21.1. The SMILES string of the molecule is CC(OCCCNC(=O)N1C[C@@H](C(F)(F)F)[C@H](C(=O)O)C1)c1ccccc1. The molecule has 1 unspecified atom stereocenters. The number of alkyl halides is 3. The van der Waals surface area contributed by atoms with Crippen molar-refractivity contribution in [1.29, 1.82) is 0 Å². The molecule has 1 saturated heterocycles. The van der Waals surface area contributed by atoms with E-state index in [0.717, 1.165) is 10.5 Å². The number of hydrogen-bond donors (Lipinski definition) is 2. The van der Waals surface area contributed by atoms with Crippen LogP contribution in [-0.4, -0.2) is 54.4 Å². The number of carbonyl (C=O) groups excluding carboxylic acids is 1. The van der Waals surface area contributed by atoms with E-state index in [2.05, 4.69) is 5.32 Å². The van der Waals surface area contributed by atoms with Crippen LogP contribution in [0.25, 0.3) is 0 Å². The summed E-state index contributed by atoms with van der Waals surface area (Å²) >= 11 is 0. The highest BCUT2D eigenvalue weighted by Gasteiger charge is 2.53. The minimum absolute atomic E-state index is 0.107. The lowest BCUT2D eigenvalue weighted by Crippen LogP contribution is -2.40. The molecular formula is C18H23F3N2O4. The molecule has 27 heavy (non-hydrogen) atoms. The van der Waals surface area contributed by atoms with Crippen molar-refractivity contribution >= 4 is 12.0 Å². The number of urea groups is 1. The van der Waals surface area contributed by atoms with Crippen LogP contribution < -0.4 is 5.32 Å². The second-order valence-electron chi connectivity index (χ2n) is 6.51. The van der Waals surface area contributed by atoms with Gasteiger partial charge >= 0.3 is 18.2 Å². The maximum atomic E-state index is 12.9. The molecule has 1 aliphatic rings. The molecule has 1 aliphatic heterocycles. The minimum atomic E-state index is -4.65. The van der Waals surface area contributed by atoms with Crippen LogP contribution in [0.3, 0.4) is 0 Å². The van der Waals surface area contributed by atoms with Gasteiger partial charge in [0.25, 0.3) is 0 Å². The predicted octanol–water partition coefficient (Wildman–Crippen LogP) is 3.06. The summed E-state index contributed by atoms with van der Waals surface area (Å²) in [5.41, 5.74) is 1.02. The molecule has 0 bridgehead atoms. The summed E-state index contributed by atoms with van der Waals surface area (Å²) in [7, 11) is 0. The average molecular weight is 388 g/mol. The largest absolute Gasteiger partial charge is 0.481 e. The van der Waals surface area contributed by atoms with Crippen LogP contribution in [0.2, 0.25) is 0 Å². The van der Waals surface area contributed by atoms with Crippen molar-refractivity contribution in [3.8, 4) is 0 Å². The quantitative estimate of drug-likeness (QED) is 0.704. The standard InChI is InChI=1S/C18H23F3N2O4/c1-12(13-6-3-2-4-7-13)27-9-5-8-22-17(26)23-10-14(16(24)25)15(11-23)18(19,20)21/h2-4,6-7,12,14-15H,5,8-11H2,1H3,(H,22,26)(H,24,25)/t12?,14-,15-/m1/s1. The number of hydrogen-bond acceptors (Lipinski definition) is 3. The molecule has 0 aliphatic carbocycles. The first-order valence-electron chi connectivity index (χ1n) is 8.69. The number of amides is 2. The maximum absolute atomic E-state index is 12.9. The number of nitrogens with zero attached hydrogens (tertiary/aromatic N) is 1. The molecular weight excluding hydrogens is 365 g/mol. The maximum Gasteiger partial charge on any atom is 0.394 e. The van der Waals surface area contributed by atoms with E-state index in [-0.39, 0.29) is 12.6 Å². The van der Waals surface area contributed by atoms with Gasteiger partial charge in [-0.15, -0.1) is 0 Å². The predicted molar refractivity (Wildman–Crippen MR) is 91.1 cm³/mol. The highest BCUT2D eigenvalue weighted by atomic mass is 19.4. The molecule has 1 aromatic carbocycles. The van der Waals surface area contributed by atoms with Crippen LogP contribution in [0.5, 0.6) is 0 Å². The Morgan fingerprint density at radius 1 is 1.30 bits per heavy atom. The number of ether oxygens (including phenoxy) is 1. The molecule has 0 aromatic heterocycles. The van der Waals surface area contributed by atoms with Crippen LogP contribution in [0.1, 0.15) is 25.0 Å². The fraction of sp³-hybridized carbons (Fsp3) is 0.556. The van der Waals surface area contributed by atoms with E-state index in [1.54, 1.807) is 0 Å². The lowest BCUT2D eigenvalue weighted by molar-refractivity contribution is -0.187. The Hall–Kier alpha value is -2.29. The lowest BCUT2D eigenvalue weighted by Gasteiger charge is -2.19. The molecule has 2 rings (SSSR count). The fourth-order valence-corrected chi connectivity index (χ4v) is 3.01. The van der Waals surface area contributed by atoms with E-state index in [9.17, 15) is 22.8 Å². The van der Waals surface area contributed by atoms with Gasteiger partial charge in [-0.25, -0.2) is 4.79 Å². The molecule has 0 radical (unpaired) electrons. The number of carboxylic acid groups (broad SMARTS) is 1. The second-order valence-corrected chi connectivity index (χ2v) is 6.51. The van der Waals surface area contributed by atoms with Crippen molar-refractivity contribution in [2.45, 2.75) is 25.6 Å². The zero-order valence-electron chi connectivity index (χ0n) is 14.9. The highest BCUT2D eigenvalue weighted by Crippen LogP contribution is 2.37. The van der Waals surface area contributed by atoms with E-state index >= 15 is 0 Å². The third-order valence-electron chi connectivity index (χ3n) is 4.58. The molecule has 2 N–H and O–H groups in total. The fourth-order valence-electron chi connectivity index (χ4n) is 3.01. The van der Waals surface area contributed by atoms with Gasteiger partial charge in [0.2, 0.25) is 0 Å². The third-order valence-corrected chi connectivity index (χ3v) is 4.58. The average Bonchev–Trinajstić information content (AvgIpc) is 3.08. The molecule has 1 fully saturated rings. The molecule has 2 amide bonds. The number of rotatable bonds is 7. The Kier molecular flexibility index (Phi) is 7.06. The molecule has 3 atom stereocenters. The number of nitrogens with one attached hydrogen (secondary N) is 1. The summed E-state index contributed by atoms with van der Waals surface area (Å²) in [5.74, 6) is -5.22. The van der Waals surface area contributed by atoms with Gasteiger partial charge in [-0.2, -0.15) is 13.2 Å². The van der Waals surface area contributed by atoms with Crippen LogP contribution in [0.4, 0.5) is 18.0 Å². The smallest absolute Gasteiger partial charge is 0.394 e. The lowest BCUT2D eigenvalue weighted by atomic mass is 9.96. The summed E-state index contributed by atoms with van der Waals surface area (Å²) in [4.78, 5) is 24.0. The highest BCUT2D eigenvalue weighted by molar-refractivity contribution is 5.77. The summed E-state index contributed by atoms with van der Waals surface area (Å²) < 4.78 is 44.5. The van der Waals surface area contributed by atoms with Crippen molar-refractivity contribution in [1.82, 2.24) is 10.2 Å². The number of carboxylic acids is 1. The van der Waals surface area contributed by atoms with E-state index < -0.39 is 43.1 Å². The van der Waals surface area contributed by atoms with Crippen LogP contribution >= 0.6 is 0 Å². The monoisotopic (exact) mass is 388 g/mol. The second kappa shape index (κ2) is 9.07. The molecule has 1 aromatic rings. The molecule has 1 heterocycles. The minimum Gasteiger partial charge on any atom is -0.481 e. The summed E-state index contributed by atoms with van der Waals surface area (Å²) in [6.07, 6.45) is -4.27. The van der Waals surface area contributed by atoms with Crippen LogP contribution in [0, 0.1) is 11.8 Å². The molecule has 9 heteroatoms. The van der Waals surface area contributed by atoms with Crippen LogP contribution in [0.15, 0.2) is 30.3 Å². The van der Waals surface area contributed by atoms with E-state index in [1.165, 1.54) is 0 Å². The van der Waals surface area contributed by atoms with Crippen molar-refractivity contribution < 1.29 is 32.6 Å². The molecule has 6 nitrogen and oxygen atoms in total. The zero-order valence-corrected chi connectivity index (χ0v) is 14.9. The van der Waals surface area contributed by atoms with Gasteiger partial charge in [-0.3, -0.25) is 4.79 Å². The van der Waals surface area contributed by atoms with Gasteiger partial charge < -0.3 is 20.1 Å². The van der Waals surface area contributed by atoms with E-state index in [1.807, 2.05) is 37.3 Å².